The Morgan fingerprint density at radius 2 is 1.23 bits per heavy atom. The normalized spacial score (nSPS) is 13.4. The summed E-state index contributed by atoms with van der Waals surface area (Å²) in [5.74, 6) is 0. The van der Waals surface area contributed by atoms with Gasteiger partial charge in [-0.25, -0.2) is 0 Å². The fourth-order valence-electron chi connectivity index (χ4n) is 2.45. The third-order valence-corrected chi connectivity index (χ3v) is 4.06. The molecule has 2 heteroatoms. The minimum atomic E-state index is -0.0781. The van der Waals surface area contributed by atoms with Gasteiger partial charge in [-0.2, -0.15) is 0 Å². The molecular weight excluding hydrogens is 160 g/mol. The smallest absolute Gasteiger partial charge is 0.0218 e. The molecule has 0 aliphatic carbocycles. The molecule has 0 heterocycles. The van der Waals surface area contributed by atoms with E-state index in [2.05, 4.69) is 27.7 Å². The van der Waals surface area contributed by atoms with Gasteiger partial charge in [-0.1, -0.05) is 27.7 Å². The molecule has 0 aromatic heterocycles. The molecule has 0 aliphatic rings. The van der Waals surface area contributed by atoms with E-state index in [1.165, 1.54) is 0 Å². The van der Waals surface area contributed by atoms with Gasteiger partial charge in [0.2, 0.25) is 0 Å². The van der Waals surface area contributed by atoms with E-state index in [1.807, 2.05) is 0 Å². The van der Waals surface area contributed by atoms with Crippen molar-refractivity contribution in [3.05, 3.63) is 0 Å². The first kappa shape index (κ1) is 12.9. The Hall–Kier alpha value is -0.0800. The van der Waals surface area contributed by atoms with Gasteiger partial charge < -0.3 is 11.5 Å². The van der Waals surface area contributed by atoms with Crippen molar-refractivity contribution in [3.63, 3.8) is 0 Å². The molecule has 2 nitrogen and oxygen atoms in total. The van der Waals surface area contributed by atoms with E-state index in [0.29, 0.717) is 6.54 Å². The van der Waals surface area contributed by atoms with Crippen LogP contribution in [0.1, 0.15) is 53.4 Å². The fourth-order valence-corrected chi connectivity index (χ4v) is 2.45. The van der Waals surface area contributed by atoms with Crippen molar-refractivity contribution in [1.29, 1.82) is 0 Å². The van der Waals surface area contributed by atoms with E-state index in [1.54, 1.807) is 0 Å². The monoisotopic (exact) mass is 186 g/mol. The van der Waals surface area contributed by atoms with Gasteiger partial charge in [0, 0.05) is 11.0 Å². The summed E-state index contributed by atoms with van der Waals surface area (Å²) in [6.45, 7) is 9.43. The van der Waals surface area contributed by atoms with Crippen LogP contribution in [0, 0.1) is 5.41 Å². The van der Waals surface area contributed by atoms with Crippen LogP contribution in [0.2, 0.25) is 0 Å². The zero-order valence-corrected chi connectivity index (χ0v) is 9.69. The molecule has 0 radical (unpaired) electrons. The maximum Gasteiger partial charge on any atom is 0.0218 e. The van der Waals surface area contributed by atoms with Crippen LogP contribution >= 0.6 is 0 Å². The van der Waals surface area contributed by atoms with E-state index in [4.69, 9.17) is 11.5 Å². The molecule has 0 bridgehead atoms. The summed E-state index contributed by atoms with van der Waals surface area (Å²) >= 11 is 0. The zero-order valence-electron chi connectivity index (χ0n) is 9.69. The van der Waals surface area contributed by atoms with E-state index in [0.717, 1.165) is 25.7 Å². The molecule has 0 fully saturated rings. The highest BCUT2D eigenvalue weighted by Crippen LogP contribution is 2.39. The average Bonchev–Trinajstić information content (AvgIpc) is 2.20. The molecule has 0 saturated heterocycles. The van der Waals surface area contributed by atoms with Gasteiger partial charge in [-0.3, -0.25) is 0 Å². The maximum absolute atomic E-state index is 6.43. The quantitative estimate of drug-likeness (QED) is 0.668. The Labute approximate surface area is 83.1 Å². The summed E-state index contributed by atoms with van der Waals surface area (Å²) < 4.78 is 0. The van der Waals surface area contributed by atoms with Crippen LogP contribution in [0.5, 0.6) is 0 Å². The zero-order chi connectivity index (χ0) is 10.5. The molecule has 0 aliphatic heterocycles. The number of rotatable bonds is 6. The lowest BCUT2D eigenvalue weighted by Gasteiger charge is -2.47. The summed E-state index contributed by atoms with van der Waals surface area (Å²) in [4.78, 5) is 0. The Balaban J connectivity index is 4.87. The van der Waals surface area contributed by atoms with Crippen LogP contribution in [-0.4, -0.2) is 12.1 Å². The summed E-state index contributed by atoms with van der Waals surface area (Å²) in [5.41, 5.74) is 12.4. The Bertz CT molecular complexity index is 127. The molecule has 0 amide bonds. The van der Waals surface area contributed by atoms with Gasteiger partial charge in [0.1, 0.15) is 0 Å². The van der Waals surface area contributed by atoms with Crippen molar-refractivity contribution in [1.82, 2.24) is 0 Å². The van der Waals surface area contributed by atoms with Crippen molar-refractivity contribution < 1.29 is 0 Å². The Morgan fingerprint density at radius 1 is 0.846 bits per heavy atom. The predicted octanol–water partition coefficient (Wildman–Crippen LogP) is 2.27. The van der Waals surface area contributed by atoms with Crippen molar-refractivity contribution >= 4 is 0 Å². The third-order valence-electron chi connectivity index (χ3n) is 4.06. The fraction of sp³-hybridized carbons (Fsp3) is 1.00. The van der Waals surface area contributed by atoms with E-state index in [-0.39, 0.29) is 11.0 Å². The second-order valence-electron chi connectivity index (χ2n) is 4.05. The molecule has 0 saturated carbocycles. The third kappa shape index (κ3) is 2.05. The molecule has 4 N–H and O–H groups in total. The van der Waals surface area contributed by atoms with E-state index >= 15 is 0 Å². The van der Waals surface area contributed by atoms with Crippen LogP contribution in [0.3, 0.4) is 0 Å². The lowest BCUT2D eigenvalue weighted by molar-refractivity contribution is 0.104. The minimum absolute atomic E-state index is 0.0781. The molecule has 0 unspecified atom stereocenters. The summed E-state index contributed by atoms with van der Waals surface area (Å²) in [6, 6.07) is 0. The largest absolute Gasteiger partial charge is 0.330 e. The highest BCUT2D eigenvalue weighted by atomic mass is 14.8. The lowest BCUT2D eigenvalue weighted by Crippen LogP contribution is -2.57. The molecular formula is C11H26N2. The van der Waals surface area contributed by atoms with E-state index in [9.17, 15) is 0 Å². The van der Waals surface area contributed by atoms with Crippen LogP contribution in [-0.2, 0) is 0 Å². The Morgan fingerprint density at radius 3 is 1.31 bits per heavy atom. The Kier molecular flexibility index (Phi) is 4.93. The number of hydrogen-bond acceptors (Lipinski definition) is 2. The average molecular weight is 186 g/mol. The van der Waals surface area contributed by atoms with Gasteiger partial charge in [-0.05, 0) is 32.2 Å². The molecule has 0 spiro atoms. The summed E-state index contributed by atoms with van der Waals surface area (Å²) in [7, 11) is 0. The minimum Gasteiger partial charge on any atom is -0.330 e. The van der Waals surface area contributed by atoms with Crippen molar-refractivity contribution in [2.75, 3.05) is 6.54 Å². The van der Waals surface area contributed by atoms with Crippen molar-refractivity contribution in [2.45, 2.75) is 58.9 Å². The molecule has 80 valence electrons. The maximum atomic E-state index is 6.43. The molecule has 13 heavy (non-hydrogen) atoms. The van der Waals surface area contributed by atoms with Crippen LogP contribution in [0.4, 0.5) is 0 Å². The first-order valence-corrected chi connectivity index (χ1v) is 5.54. The lowest BCUT2D eigenvalue weighted by atomic mass is 9.64. The van der Waals surface area contributed by atoms with Crippen molar-refractivity contribution in [3.8, 4) is 0 Å². The highest BCUT2D eigenvalue weighted by Gasteiger charge is 2.42. The number of hydrogen-bond donors (Lipinski definition) is 2. The molecule has 0 aromatic carbocycles. The molecule has 0 rings (SSSR count). The number of nitrogens with two attached hydrogens (primary N) is 2. The van der Waals surface area contributed by atoms with Gasteiger partial charge >= 0.3 is 0 Å². The van der Waals surface area contributed by atoms with Gasteiger partial charge in [0.15, 0.2) is 0 Å². The highest BCUT2D eigenvalue weighted by molar-refractivity contribution is 5.00. The molecule has 0 aromatic rings. The summed E-state index contributed by atoms with van der Waals surface area (Å²) in [5, 5.41) is 0. The SMILES string of the molecule is CCC(N)(CC)C(CC)(CC)CN. The summed E-state index contributed by atoms with van der Waals surface area (Å²) in [6.07, 6.45) is 4.20. The van der Waals surface area contributed by atoms with Gasteiger partial charge in [-0.15, -0.1) is 0 Å². The topological polar surface area (TPSA) is 52.0 Å². The first-order valence-electron chi connectivity index (χ1n) is 5.54. The molecule has 0 atom stereocenters. The van der Waals surface area contributed by atoms with Crippen LogP contribution in [0.15, 0.2) is 0 Å². The second-order valence-corrected chi connectivity index (χ2v) is 4.05. The van der Waals surface area contributed by atoms with Crippen molar-refractivity contribution in [2.24, 2.45) is 16.9 Å². The van der Waals surface area contributed by atoms with Gasteiger partial charge in [0.25, 0.3) is 0 Å². The van der Waals surface area contributed by atoms with Crippen LogP contribution < -0.4 is 11.5 Å². The predicted molar refractivity (Wildman–Crippen MR) is 59.6 cm³/mol. The second kappa shape index (κ2) is 4.97. The van der Waals surface area contributed by atoms with E-state index < -0.39 is 0 Å². The van der Waals surface area contributed by atoms with Crippen LogP contribution in [0.25, 0.3) is 0 Å². The standard InChI is InChI=1S/C11H26N2/c1-5-10(6-2,9-12)11(13,7-3)8-4/h5-9,12-13H2,1-4H3. The first-order chi connectivity index (χ1) is 6.05. The van der Waals surface area contributed by atoms with Gasteiger partial charge in [0.05, 0.1) is 0 Å².